The SMILES string of the molecule is CC(N)Oc1cccc2[nH]c(=O)c(=O)[nH]c12. The lowest BCUT2D eigenvalue weighted by molar-refractivity contribution is 0.232. The maximum Gasteiger partial charge on any atom is 0.314 e. The molecule has 1 aromatic carbocycles. The van der Waals surface area contributed by atoms with Crippen LogP contribution in [0.3, 0.4) is 0 Å². The number of ether oxygens (including phenoxy) is 1. The molecule has 0 amide bonds. The van der Waals surface area contributed by atoms with E-state index in [-0.39, 0.29) is 0 Å². The molecule has 4 N–H and O–H groups in total. The van der Waals surface area contributed by atoms with Crippen LogP contribution in [0.15, 0.2) is 27.8 Å². The molecule has 0 aliphatic rings. The van der Waals surface area contributed by atoms with E-state index < -0.39 is 17.3 Å². The molecular formula is C10H11N3O3. The zero-order valence-electron chi connectivity index (χ0n) is 8.61. The van der Waals surface area contributed by atoms with Crippen LogP contribution in [-0.2, 0) is 0 Å². The summed E-state index contributed by atoms with van der Waals surface area (Å²) in [7, 11) is 0. The molecule has 0 aliphatic heterocycles. The van der Waals surface area contributed by atoms with Crippen LogP contribution in [-0.4, -0.2) is 16.2 Å². The summed E-state index contributed by atoms with van der Waals surface area (Å²) >= 11 is 0. The number of hydrogen-bond donors (Lipinski definition) is 3. The van der Waals surface area contributed by atoms with E-state index in [0.29, 0.717) is 16.8 Å². The fraction of sp³-hybridized carbons (Fsp3) is 0.200. The number of nitrogens with one attached hydrogen (secondary N) is 2. The van der Waals surface area contributed by atoms with Crippen LogP contribution in [0, 0.1) is 0 Å². The Labute approximate surface area is 90.1 Å². The molecule has 1 aromatic heterocycles. The van der Waals surface area contributed by atoms with Crippen molar-refractivity contribution >= 4 is 11.0 Å². The largest absolute Gasteiger partial charge is 0.474 e. The van der Waals surface area contributed by atoms with Gasteiger partial charge in [0, 0.05) is 0 Å². The Morgan fingerprint density at radius 2 is 1.94 bits per heavy atom. The first-order chi connectivity index (χ1) is 7.58. The van der Waals surface area contributed by atoms with Gasteiger partial charge in [0.05, 0.1) is 5.52 Å². The van der Waals surface area contributed by atoms with Gasteiger partial charge in [0.2, 0.25) is 0 Å². The maximum atomic E-state index is 11.2. The minimum atomic E-state index is -0.715. The molecule has 0 spiro atoms. The van der Waals surface area contributed by atoms with Gasteiger partial charge in [0.15, 0.2) is 0 Å². The molecule has 6 nitrogen and oxygen atoms in total. The molecule has 1 heterocycles. The number of benzene rings is 1. The predicted molar refractivity (Wildman–Crippen MR) is 59.5 cm³/mol. The van der Waals surface area contributed by atoms with Crippen molar-refractivity contribution < 1.29 is 4.74 Å². The van der Waals surface area contributed by atoms with E-state index in [1.54, 1.807) is 25.1 Å². The van der Waals surface area contributed by atoms with E-state index in [1.165, 1.54) is 0 Å². The van der Waals surface area contributed by atoms with Gasteiger partial charge in [-0.3, -0.25) is 15.3 Å². The Morgan fingerprint density at radius 1 is 1.25 bits per heavy atom. The fourth-order valence-corrected chi connectivity index (χ4v) is 1.41. The Balaban J connectivity index is 2.72. The average molecular weight is 221 g/mol. The zero-order valence-corrected chi connectivity index (χ0v) is 8.61. The number of rotatable bonds is 2. The van der Waals surface area contributed by atoms with E-state index in [9.17, 15) is 9.59 Å². The highest BCUT2D eigenvalue weighted by Crippen LogP contribution is 2.20. The van der Waals surface area contributed by atoms with Gasteiger partial charge >= 0.3 is 11.1 Å². The van der Waals surface area contributed by atoms with Gasteiger partial charge in [-0.2, -0.15) is 0 Å². The molecule has 84 valence electrons. The molecular weight excluding hydrogens is 210 g/mol. The molecule has 2 rings (SSSR count). The monoisotopic (exact) mass is 221 g/mol. The summed E-state index contributed by atoms with van der Waals surface area (Å²) in [4.78, 5) is 27.2. The Kier molecular flexibility index (Phi) is 2.49. The quantitative estimate of drug-likeness (QED) is 0.487. The summed E-state index contributed by atoms with van der Waals surface area (Å²) < 4.78 is 5.31. The van der Waals surface area contributed by atoms with Crippen LogP contribution in [0.5, 0.6) is 5.75 Å². The van der Waals surface area contributed by atoms with E-state index in [0.717, 1.165) is 0 Å². The predicted octanol–water partition coefficient (Wildman–Crippen LogP) is -0.100. The molecule has 1 atom stereocenters. The first-order valence-corrected chi connectivity index (χ1v) is 4.75. The first-order valence-electron chi connectivity index (χ1n) is 4.75. The summed E-state index contributed by atoms with van der Waals surface area (Å²) in [5.41, 5.74) is 5.03. The number of hydrogen-bond acceptors (Lipinski definition) is 4. The maximum absolute atomic E-state index is 11.2. The summed E-state index contributed by atoms with van der Waals surface area (Å²) in [6.45, 7) is 1.67. The Bertz CT molecular complexity index is 627. The third-order valence-corrected chi connectivity index (χ3v) is 2.03. The molecule has 0 saturated heterocycles. The normalized spacial score (nSPS) is 12.6. The number of para-hydroxylation sites is 1. The number of aromatic nitrogens is 2. The number of H-pyrrole nitrogens is 2. The van der Waals surface area contributed by atoms with Crippen LogP contribution in [0.25, 0.3) is 11.0 Å². The second-order valence-electron chi connectivity index (χ2n) is 3.41. The van der Waals surface area contributed by atoms with Crippen LogP contribution < -0.4 is 21.6 Å². The van der Waals surface area contributed by atoms with Crippen LogP contribution in [0.1, 0.15) is 6.92 Å². The van der Waals surface area contributed by atoms with Gasteiger partial charge in [0.25, 0.3) is 0 Å². The second kappa shape index (κ2) is 3.82. The lowest BCUT2D eigenvalue weighted by Crippen LogP contribution is -2.29. The summed E-state index contributed by atoms with van der Waals surface area (Å²) in [6.07, 6.45) is -0.499. The molecule has 0 saturated carbocycles. The van der Waals surface area contributed by atoms with E-state index in [4.69, 9.17) is 10.5 Å². The standard InChI is InChI=1S/C10H11N3O3/c1-5(11)16-7-4-2-3-6-8(7)13-10(15)9(14)12-6/h2-5H,11H2,1H3,(H,12,14)(H,13,15). The van der Waals surface area contributed by atoms with Gasteiger partial charge in [-0.05, 0) is 19.1 Å². The smallest absolute Gasteiger partial charge is 0.314 e. The highest BCUT2D eigenvalue weighted by Gasteiger charge is 2.06. The minimum absolute atomic E-state index is 0.431. The van der Waals surface area contributed by atoms with Crippen LogP contribution in [0.4, 0.5) is 0 Å². The van der Waals surface area contributed by atoms with Crippen molar-refractivity contribution in [2.75, 3.05) is 0 Å². The van der Waals surface area contributed by atoms with Crippen molar-refractivity contribution in [3.05, 3.63) is 38.9 Å². The zero-order chi connectivity index (χ0) is 11.7. The van der Waals surface area contributed by atoms with Gasteiger partial charge in [-0.1, -0.05) is 6.07 Å². The Morgan fingerprint density at radius 3 is 2.62 bits per heavy atom. The third-order valence-electron chi connectivity index (χ3n) is 2.03. The number of nitrogens with two attached hydrogens (primary N) is 1. The van der Waals surface area contributed by atoms with E-state index in [2.05, 4.69) is 9.97 Å². The summed E-state index contributed by atoms with van der Waals surface area (Å²) in [5.74, 6) is 0.431. The highest BCUT2D eigenvalue weighted by atomic mass is 16.5. The molecule has 16 heavy (non-hydrogen) atoms. The first kappa shape index (κ1) is 10.4. The Hall–Kier alpha value is -2.08. The number of fused-ring (bicyclic) bond motifs is 1. The molecule has 0 bridgehead atoms. The fourth-order valence-electron chi connectivity index (χ4n) is 1.41. The topological polar surface area (TPSA) is 101 Å². The van der Waals surface area contributed by atoms with Gasteiger partial charge in [-0.15, -0.1) is 0 Å². The van der Waals surface area contributed by atoms with E-state index in [1.807, 2.05) is 0 Å². The van der Waals surface area contributed by atoms with Crippen LogP contribution >= 0.6 is 0 Å². The molecule has 1 unspecified atom stereocenters. The van der Waals surface area contributed by atoms with Crippen molar-refractivity contribution in [1.29, 1.82) is 0 Å². The molecule has 6 heteroatoms. The molecule has 0 aliphatic carbocycles. The second-order valence-corrected chi connectivity index (χ2v) is 3.41. The van der Waals surface area contributed by atoms with Crippen molar-refractivity contribution in [2.24, 2.45) is 5.73 Å². The molecule has 2 aromatic rings. The van der Waals surface area contributed by atoms with Crippen LogP contribution in [0.2, 0.25) is 0 Å². The average Bonchev–Trinajstić information content (AvgIpc) is 2.20. The number of aromatic amines is 2. The van der Waals surface area contributed by atoms with Gasteiger partial charge < -0.3 is 14.7 Å². The van der Waals surface area contributed by atoms with Crippen molar-refractivity contribution in [3.8, 4) is 5.75 Å². The lowest BCUT2D eigenvalue weighted by atomic mass is 10.3. The van der Waals surface area contributed by atoms with Gasteiger partial charge in [-0.25, -0.2) is 0 Å². The minimum Gasteiger partial charge on any atom is -0.474 e. The summed E-state index contributed by atoms with van der Waals surface area (Å²) in [6, 6.07) is 5.04. The summed E-state index contributed by atoms with van der Waals surface area (Å²) in [5, 5.41) is 0. The van der Waals surface area contributed by atoms with Gasteiger partial charge in [0.1, 0.15) is 17.5 Å². The van der Waals surface area contributed by atoms with Crippen molar-refractivity contribution in [3.63, 3.8) is 0 Å². The molecule has 0 radical (unpaired) electrons. The molecule has 0 fully saturated rings. The van der Waals surface area contributed by atoms with Crippen molar-refractivity contribution in [2.45, 2.75) is 13.2 Å². The highest BCUT2D eigenvalue weighted by molar-refractivity contribution is 5.80. The van der Waals surface area contributed by atoms with Crippen molar-refractivity contribution in [1.82, 2.24) is 9.97 Å². The van der Waals surface area contributed by atoms with E-state index >= 15 is 0 Å². The third kappa shape index (κ3) is 1.82. The lowest BCUT2D eigenvalue weighted by Gasteiger charge is -2.11.